The van der Waals surface area contributed by atoms with Gasteiger partial charge >= 0.3 is 0 Å². The first-order valence-corrected chi connectivity index (χ1v) is 4.79. The van der Waals surface area contributed by atoms with Gasteiger partial charge in [0, 0.05) is 0 Å². The fourth-order valence-corrected chi connectivity index (χ4v) is 1.36. The van der Waals surface area contributed by atoms with Crippen LogP contribution in [0.5, 0.6) is 0 Å². The van der Waals surface area contributed by atoms with Crippen LogP contribution in [-0.4, -0.2) is 22.4 Å². The normalized spacial score (nSPS) is 19.2. The molecular formula is C10H22O2. The summed E-state index contributed by atoms with van der Waals surface area (Å²) in [6, 6.07) is 0. The summed E-state index contributed by atoms with van der Waals surface area (Å²) >= 11 is 0. The van der Waals surface area contributed by atoms with Crippen molar-refractivity contribution in [3.05, 3.63) is 0 Å². The number of aliphatic hydroxyl groups is 2. The summed E-state index contributed by atoms with van der Waals surface area (Å²) in [7, 11) is 0. The quantitative estimate of drug-likeness (QED) is 0.667. The maximum atomic E-state index is 9.53. The molecule has 0 aromatic rings. The van der Waals surface area contributed by atoms with Crippen molar-refractivity contribution in [1.82, 2.24) is 0 Å². The van der Waals surface area contributed by atoms with Gasteiger partial charge in [0.25, 0.3) is 0 Å². The van der Waals surface area contributed by atoms with Crippen LogP contribution < -0.4 is 0 Å². The van der Waals surface area contributed by atoms with Gasteiger partial charge in [-0.25, -0.2) is 0 Å². The average Bonchev–Trinajstić information content (AvgIpc) is 1.84. The van der Waals surface area contributed by atoms with Crippen LogP contribution in [0.4, 0.5) is 0 Å². The number of aliphatic hydroxyl groups excluding tert-OH is 2. The van der Waals surface area contributed by atoms with Crippen LogP contribution in [0.3, 0.4) is 0 Å². The number of hydrogen-bond donors (Lipinski definition) is 2. The highest BCUT2D eigenvalue weighted by Crippen LogP contribution is 2.16. The molecule has 3 atom stereocenters. The van der Waals surface area contributed by atoms with Gasteiger partial charge in [0.1, 0.15) is 0 Å². The zero-order valence-electron chi connectivity index (χ0n) is 8.62. The van der Waals surface area contributed by atoms with E-state index in [1.807, 2.05) is 13.8 Å². The summed E-state index contributed by atoms with van der Waals surface area (Å²) in [5, 5.41) is 18.6. The highest BCUT2D eigenvalue weighted by Gasteiger charge is 2.14. The molecule has 0 aliphatic rings. The molecule has 2 nitrogen and oxygen atoms in total. The first-order chi connectivity index (χ1) is 5.43. The van der Waals surface area contributed by atoms with Crippen LogP contribution in [0.15, 0.2) is 0 Å². The van der Waals surface area contributed by atoms with Gasteiger partial charge in [0.2, 0.25) is 0 Å². The van der Waals surface area contributed by atoms with Crippen molar-refractivity contribution >= 4 is 0 Å². The Kier molecular flexibility index (Phi) is 5.51. The van der Waals surface area contributed by atoms with E-state index in [0.717, 1.165) is 12.8 Å². The average molecular weight is 174 g/mol. The van der Waals surface area contributed by atoms with Crippen LogP contribution in [-0.2, 0) is 0 Å². The Balaban J connectivity index is 3.61. The van der Waals surface area contributed by atoms with Crippen LogP contribution >= 0.6 is 0 Å². The third-order valence-electron chi connectivity index (χ3n) is 2.16. The highest BCUT2D eigenvalue weighted by molar-refractivity contribution is 4.66. The van der Waals surface area contributed by atoms with Gasteiger partial charge < -0.3 is 10.2 Å². The van der Waals surface area contributed by atoms with Crippen LogP contribution in [0, 0.1) is 11.8 Å². The van der Waals surface area contributed by atoms with Crippen molar-refractivity contribution in [2.45, 2.75) is 52.7 Å². The van der Waals surface area contributed by atoms with E-state index >= 15 is 0 Å². The minimum absolute atomic E-state index is 0.223. The fourth-order valence-electron chi connectivity index (χ4n) is 1.36. The van der Waals surface area contributed by atoms with Crippen LogP contribution in [0.1, 0.15) is 40.5 Å². The third-order valence-corrected chi connectivity index (χ3v) is 2.16. The largest absolute Gasteiger partial charge is 0.393 e. The minimum Gasteiger partial charge on any atom is -0.393 e. The molecule has 12 heavy (non-hydrogen) atoms. The predicted molar refractivity (Wildman–Crippen MR) is 50.9 cm³/mol. The lowest BCUT2D eigenvalue weighted by Crippen LogP contribution is -2.20. The van der Waals surface area contributed by atoms with Gasteiger partial charge in [-0.15, -0.1) is 0 Å². The van der Waals surface area contributed by atoms with Gasteiger partial charge in [-0.05, 0) is 31.6 Å². The Bertz CT molecular complexity index is 110. The summed E-state index contributed by atoms with van der Waals surface area (Å²) in [6.07, 6.45) is 1.10. The fraction of sp³-hybridized carbons (Fsp3) is 1.00. The van der Waals surface area contributed by atoms with Crippen molar-refractivity contribution < 1.29 is 10.2 Å². The second-order valence-corrected chi connectivity index (χ2v) is 4.24. The third kappa shape index (κ3) is 5.56. The van der Waals surface area contributed by atoms with Gasteiger partial charge in [0.15, 0.2) is 0 Å². The molecule has 0 rings (SSSR count). The van der Waals surface area contributed by atoms with E-state index in [2.05, 4.69) is 6.92 Å². The van der Waals surface area contributed by atoms with E-state index in [-0.39, 0.29) is 12.2 Å². The summed E-state index contributed by atoms with van der Waals surface area (Å²) in [5.74, 6) is 0.726. The van der Waals surface area contributed by atoms with Crippen LogP contribution in [0.2, 0.25) is 0 Å². The first-order valence-electron chi connectivity index (χ1n) is 4.79. The molecule has 0 aromatic carbocycles. The SMILES string of the molecule is CC(O)CC(C)CC(O)C(C)C. The lowest BCUT2D eigenvalue weighted by atomic mass is 9.92. The van der Waals surface area contributed by atoms with E-state index in [9.17, 15) is 5.11 Å². The van der Waals surface area contributed by atoms with Crippen molar-refractivity contribution in [2.24, 2.45) is 11.8 Å². The zero-order valence-corrected chi connectivity index (χ0v) is 8.62. The summed E-state index contributed by atoms with van der Waals surface area (Å²) < 4.78 is 0. The lowest BCUT2D eigenvalue weighted by molar-refractivity contribution is 0.0843. The molecule has 0 fully saturated rings. The maximum absolute atomic E-state index is 9.53. The zero-order chi connectivity index (χ0) is 9.72. The molecule has 0 aliphatic heterocycles. The summed E-state index contributed by atoms with van der Waals surface area (Å²) in [6.45, 7) is 7.89. The molecule has 0 bridgehead atoms. The predicted octanol–water partition coefficient (Wildman–Crippen LogP) is 1.80. The van der Waals surface area contributed by atoms with E-state index in [0.29, 0.717) is 11.8 Å². The Morgan fingerprint density at radius 2 is 1.42 bits per heavy atom. The Hall–Kier alpha value is -0.0800. The van der Waals surface area contributed by atoms with Gasteiger partial charge in [-0.1, -0.05) is 20.8 Å². The molecule has 0 saturated carbocycles. The summed E-state index contributed by atoms with van der Waals surface area (Å²) in [4.78, 5) is 0. The highest BCUT2D eigenvalue weighted by atomic mass is 16.3. The molecule has 0 aromatic heterocycles. The van der Waals surface area contributed by atoms with E-state index in [1.165, 1.54) is 0 Å². The smallest absolute Gasteiger partial charge is 0.0565 e. The molecule has 0 amide bonds. The monoisotopic (exact) mass is 174 g/mol. The topological polar surface area (TPSA) is 40.5 Å². The van der Waals surface area contributed by atoms with Crippen LogP contribution in [0.25, 0.3) is 0 Å². The van der Waals surface area contributed by atoms with Crippen molar-refractivity contribution in [3.63, 3.8) is 0 Å². The maximum Gasteiger partial charge on any atom is 0.0565 e. The number of hydrogen-bond acceptors (Lipinski definition) is 2. The Morgan fingerprint density at radius 1 is 0.917 bits per heavy atom. The van der Waals surface area contributed by atoms with Crippen molar-refractivity contribution in [2.75, 3.05) is 0 Å². The molecule has 0 radical (unpaired) electrons. The summed E-state index contributed by atoms with van der Waals surface area (Å²) in [5.41, 5.74) is 0. The Labute approximate surface area is 75.6 Å². The van der Waals surface area contributed by atoms with E-state index in [1.54, 1.807) is 6.92 Å². The van der Waals surface area contributed by atoms with Crippen molar-refractivity contribution in [3.8, 4) is 0 Å². The molecule has 0 aliphatic carbocycles. The molecule has 0 spiro atoms. The molecule has 2 N–H and O–H groups in total. The Morgan fingerprint density at radius 3 is 1.75 bits per heavy atom. The second kappa shape index (κ2) is 5.55. The van der Waals surface area contributed by atoms with Gasteiger partial charge in [0.05, 0.1) is 12.2 Å². The lowest BCUT2D eigenvalue weighted by Gasteiger charge is -2.20. The van der Waals surface area contributed by atoms with Gasteiger partial charge in [-0.3, -0.25) is 0 Å². The van der Waals surface area contributed by atoms with Crippen molar-refractivity contribution in [1.29, 1.82) is 0 Å². The molecular weight excluding hydrogens is 152 g/mol. The molecule has 3 unspecified atom stereocenters. The molecule has 0 heterocycles. The molecule has 0 saturated heterocycles. The second-order valence-electron chi connectivity index (χ2n) is 4.24. The van der Waals surface area contributed by atoms with Gasteiger partial charge in [-0.2, -0.15) is 0 Å². The molecule has 2 heteroatoms. The van der Waals surface area contributed by atoms with E-state index in [4.69, 9.17) is 5.11 Å². The first kappa shape index (κ1) is 11.9. The minimum atomic E-state index is -0.251. The standard InChI is InChI=1S/C10H22O2/c1-7(2)10(12)6-8(3)5-9(4)11/h7-12H,5-6H2,1-4H3. The number of rotatable bonds is 5. The van der Waals surface area contributed by atoms with E-state index < -0.39 is 0 Å². The molecule has 74 valence electrons.